The lowest BCUT2D eigenvalue weighted by Crippen LogP contribution is -2.25. The van der Waals surface area contributed by atoms with Crippen molar-refractivity contribution in [2.24, 2.45) is 0 Å². The van der Waals surface area contributed by atoms with E-state index in [1.165, 1.54) is 11.3 Å². The van der Waals surface area contributed by atoms with E-state index in [1.807, 2.05) is 37.3 Å². The fourth-order valence-corrected chi connectivity index (χ4v) is 4.06. The first kappa shape index (κ1) is 16.9. The fraction of sp³-hybridized carbons (Fsp3) is 0.375. The van der Waals surface area contributed by atoms with Gasteiger partial charge in [-0.3, -0.25) is 0 Å². The zero-order valence-electron chi connectivity index (χ0n) is 14.0. The monoisotopic (exact) mass is 361 g/mol. The number of benzene rings is 1. The lowest BCUT2D eigenvalue weighted by Gasteiger charge is -2.18. The summed E-state index contributed by atoms with van der Waals surface area (Å²) >= 11 is 3.09. The Balaban J connectivity index is 1.67. The molecule has 0 saturated heterocycles. The van der Waals surface area contributed by atoms with Crippen LogP contribution in [0.2, 0.25) is 0 Å². The topological polar surface area (TPSA) is 76.7 Å². The van der Waals surface area contributed by atoms with Gasteiger partial charge < -0.3 is 9.73 Å². The van der Waals surface area contributed by atoms with Crippen LogP contribution in [0, 0.1) is 0 Å². The second-order valence-electron chi connectivity index (χ2n) is 6.32. The summed E-state index contributed by atoms with van der Waals surface area (Å²) in [7, 11) is 0. The number of aromatic nitrogens is 4. The molecule has 2 aromatic heterocycles. The Bertz CT molecular complexity index is 794. The van der Waals surface area contributed by atoms with Crippen molar-refractivity contribution in [1.82, 2.24) is 20.4 Å². The molecule has 0 unspecified atom stereocenters. The third-order valence-corrected chi connectivity index (χ3v) is 4.99. The van der Waals surface area contributed by atoms with Gasteiger partial charge in [0.25, 0.3) is 0 Å². The molecule has 1 atom stereocenters. The van der Waals surface area contributed by atoms with Gasteiger partial charge in [-0.25, -0.2) is 0 Å². The van der Waals surface area contributed by atoms with Gasteiger partial charge in [0.2, 0.25) is 16.9 Å². The molecule has 24 heavy (non-hydrogen) atoms. The summed E-state index contributed by atoms with van der Waals surface area (Å²) in [6, 6.07) is 9.75. The van der Waals surface area contributed by atoms with Gasteiger partial charge in [0.1, 0.15) is 0 Å². The van der Waals surface area contributed by atoms with Gasteiger partial charge in [-0.2, -0.15) is 0 Å². The van der Waals surface area contributed by atoms with Crippen LogP contribution >= 0.6 is 23.1 Å². The van der Waals surface area contributed by atoms with Gasteiger partial charge in [-0.1, -0.05) is 41.3 Å². The lowest BCUT2D eigenvalue weighted by molar-refractivity contribution is 0.509. The number of thioether (sulfide) groups is 1. The van der Waals surface area contributed by atoms with Crippen LogP contribution in [0.4, 0.5) is 5.13 Å². The van der Waals surface area contributed by atoms with E-state index in [0.717, 1.165) is 15.0 Å². The Morgan fingerprint density at radius 3 is 2.54 bits per heavy atom. The summed E-state index contributed by atoms with van der Waals surface area (Å²) in [5.41, 5.74) is 0.880. The van der Waals surface area contributed by atoms with Gasteiger partial charge >= 0.3 is 0 Å². The molecule has 126 valence electrons. The van der Waals surface area contributed by atoms with Crippen LogP contribution in [-0.4, -0.2) is 25.9 Å². The highest BCUT2D eigenvalue weighted by molar-refractivity contribution is 8.01. The fourth-order valence-electron chi connectivity index (χ4n) is 1.93. The van der Waals surface area contributed by atoms with Gasteiger partial charge in [0, 0.05) is 11.1 Å². The zero-order valence-corrected chi connectivity index (χ0v) is 15.6. The molecule has 1 aromatic carbocycles. The number of rotatable bonds is 5. The first-order valence-corrected chi connectivity index (χ1v) is 9.27. The van der Waals surface area contributed by atoms with Gasteiger partial charge in [-0.05, 0) is 39.8 Å². The minimum atomic E-state index is -0.0375. The second-order valence-corrected chi connectivity index (χ2v) is 8.89. The van der Waals surface area contributed by atoms with E-state index in [0.29, 0.717) is 11.8 Å². The van der Waals surface area contributed by atoms with E-state index in [2.05, 4.69) is 46.5 Å². The normalized spacial score (nSPS) is 13.0. The Labute approximate surface area is 149 Å². The first-order valence-electron chi connectivity index (χ1n) is 7.58. The average Bonchev–Trinajstić information content (AvgIpc) is 3.16. The molecular weight excluding hydrogens is 342 g/mol. The van der Waals surface area contributed by atoms with Crippen molar-refractivity contribution in [3.63, 3.8) is 0 Å². The molecule has 0 fully saturated rings. The lowest BCUT2D eigenvalue weighted by atomic mass is 10.1. The minimum Gasteiger partial charge on any atom is -0.419 e. The molecule has 2 heterocycles. The standard InChI is InChI=1S/C16H19N5OS2/c1-10(23-15-21-20-14(24-15)17-16(2,3)4)12-18-19-13(22-12)11-8-6-5-7-9-11/h5-10H,1-4H3,(H,17,20)/t10-/m1/s1. The van der Waals surface area contributed by atoms with E-state index >= 15 is 0 Å². The van der Waals surface area contributed by atoms with Crippen LogP contribution in [0.5, 0.6) is 0 Å². The third kappa shape index (κ3) is 4.33. The zero-order chi connectivity index (χ0) is 17.2. The summed E-state index contributed by atoms with van der Waals surface area (Å²) in [4.78, 5) is 0. The summed E-state index contributed by atoms with van der Waals surface area (Å²) in [6.45, 7) is 8.29. The van der Waals surface area contributed by atoms with Crippen LogP contribution in [0.25, 0.3) is 11.5 Å². The molecule has 0 amide bonds. The quantitative estimate of drug-likeness (QED) is 0.663. The molecule has 0 aliphatic heterocycles. The molecule has 0 radical (unpaired) electrons. The van der Waals surface area contributed by atoms with Crippen LogP contribution in [0.3, 0.4) is 0 Å². The van der Waals surface area contributed by atoms with Crippen molar-refractivity contribution in [1.29, 1.82) is 0 Å². The highest BCUT2D eigenvalue weighted by Crippen LogP contribution is 2.37. The van der Waals surface area contributed by atoms with Crippen LogP contribution in [0.15, 0.2) is 39.1 Å². The molecule has 6 nitrogen and oxygen atoms in total. The molecule has 3 rings (SSSR count). The maximum atomic E-state index is 5.79. The largest absolute Gasteiger partial charge is 0.419 e. The molecule has 0 saturated carbocycles. The van der Waals surface area contributed by atoms with E-state index in [4.69, 9.17) is 4.42 Å². The molecule has 3 aromatic rings. The van der Waals surface area contributed by atoms with Crippen molar-refractivity contribution >= 4 is 28.2 Å². The van der Waals surface area contributed by atoms with Crippen molar-refractivity contribution in [2.75, 3.05) is 5.32 Å². The maximum absolute atomic E-state index is 5.79. The van der Waals surface area contributed by atoms with E-state index in [1.54, 1.807) is 11.8 Å². The molecule has 0 aliphatic rings. The highest BCUT2D eigenvalue weighted by atomic mass is 32.2. The van der Waals surface area contributed by atoms with Gasteiger partial charge in [0.15, 0.2) is 4.34 Å². The SMILES string of the molecule is C[C@@H](Sc1nnc(NC(C)(C)C)s1)c1nnc(-c2ccccc2)o1. The Morgan fingerprint density at radius 1 is 1.08 bits per heavy atom. The molecule has 0 bridgehead atoms. The van der Waals surface area contributed by atoms with E-state index in [-0.39, 0.29) is 10.8 Å². The minimum absolute atomic E-state index is 0.00500. The Kier molecular flexibility index (Phi) is 4.86. The summed E-state index contributed by atoms with van der Waals surface area (Å²) in [5.74, 6) is 1.12. The molecular formula is C16H19N5OS2. The van der Waals surface area contributed by atoms with Gasteiger partial charge in [-0.15, -0.1) is 20.4 Å². The Hall–Kier alpha value is -1.93. The summed E-state index contributed by atoms with van der Waals surface area (Å²) in [5, 5.41) is 20.8. The number of anilines is 1. The van der Waals surface area contributed by atoms with Crippen LogP contribution in [-0.2, 0) is 0 Å². The number of nitrogens with one attached hydrogen (secondary N) is 1. The smallest absolute Gasteiger partial charge is 0.247 e. The first-order chi connectivity index (χ1) is 11.4. The van der Waals surface area contributed by atoms with Crippen molar-refractivity contribution in [2.45, 2.75) is 42.8 Å². The highest BCUT2D eigenvalue weighted by Gasteiger charge is 2.19. The van der Waals surface area contributed by atoms with Crippen molar-refractivity contribution in [3.05, 3.63) is 36.2 Å². The predicted molar refractivity (Wildman–Crippen MR) is 97.3 cm³/mol. The second kappa shape index (κ2) is 6.90. The van der Waals surface area contributed by atoms with Gasteiger partial charge in [0.05, 0.1) is 5.25 Å². The maximum Gasteiger partial charge on any atom is 0.247 e. The Morgan fingerprint density at radius 2 is 1.83 bits per heavy atom. The van der Waals surface area contributed by atoms with Crippen LogP contribution in [0.1, 0.15) is 38.8 Å². The number of nitrogens with zero attached hydrogens (tertiary/aromatic N) is 4. The van der Waals surface area contributed by atoms with Crippen molar-refractivity contribution < 1.29 is 4.42 Å². The van der Waals surface area contributed by atoms with E-state index < -0.39 is 0 Å². The predicted octanol–water partition coefficient (Wildman–Crippen LogP) is 4.65. The number of hydrogen-bond donors (Lipinski definition) is 1. The summed E-state index contributed by atoms with van der Waals surface area (Å²) in [6.07, 6.45) is 0. The van der Waals surface area contributed by atoms with Crippen molar-refractivity contribution in [3.8, 4) is 11.5 Å². The molecule has 0 spiro atoms. The molecule has 0 aliphatic carbocycles. The molecule has 1 N–H and O–H groups in total. The number of hydrogen-bond acceptors (Lipinski definition) is 8. The summed E-state index contributed by atoms with van der Waals surface area (Å²) < 4.78 is 6.66. The third-order valence-electron chi connectivity index (χ3n) is 2.98. The van der Waals surface area contributed by atoms with Crippen LogP contribution < -0.4 is 5.32 Å². The molecule has 8 heteroatoms. The average molecular weight is 361 g/mol. The van der Waals surface area contributed by atoms with E-state index in [9.17, 15) is 0 Å².